The van der Waals surface area contributed by atoms with E-state index in [2.05, 4.69) is 14.7 Å². The molecule has 4 rings (SSSR count). The van der Waals surface area contributed by atoms with E-state index in [9.17, 15) is 35.2 Å². The van der Waals surface area contributed by atoms with Crippen molar-refractivity contribution in [2.75, 3.05) is 18.8 Å². The second-order valence-electron chi connectivity index (χ2n) is 8.94. The third-order valence-electron chi connectivity index (χ3n) is 6.49. The van der Waals surface area contributed by atoms with Crippen molar-refractivity contribution in [3.05, 3.63) is 35.5 Å². The maximum absolute atomic E-state index is 13.7. The Bertz CT molecular complexity index is 1260. The van der Waals surface area contributed by atoms with E-state index in [1.165, 1.54) is 17.9 Å². The molecule has 1 aliphatic carbocycles. The van der Waals surface area contributed by atoms with Gasteiger partial charge in [-0.05, 0) is 37.5 Å². The van der Waals surface area contributed by atoms with Crippen LogP contribution in [0.3, 0.4) is 0 Å². The molecule has 1 saturated heterocycles. The Kier molecular flexibility index (Phi) is 5.89. The molecule has 14 heteroatoms. The van der Waals surface area contributed by atoms with Crippen LogP contribution in [0.15, 0.2) is 27.6 Å². The lowest BCUT2D eigenvalue weighted by atomic mass is 10.1. The van der Waals surface area contributed by atoms with Crippen molar-refractivity contribution in [2.24, 2.45) is 5.92 Å². The number of sulfone groups is 1. The van der Waals surface area contributed by atoms with E-state index in [4.69, 9.17) is 4.74 Å². The van der Waals surface area contributed by atoms with Crippen LogP contribution in [-0.2, 0) is 21.4 Å². The fraction of sp³-hybridized carbons (Fsp3) is 0.571. The van der Waals surface area contributed by atoms with Gasteiger partial charge in [0, 0.05) is 20.0 Å². The van der Waals surface area contributed by atoms with E-state index in [-0.39, 0.29) is 46.8 Å². The largest absolute Gasteiger partial charge is 0.484 e. The number of hydrogen-bond donors (Lipinski definition) is 0. The van der Waals surface area contributed by atoms with Gasteiger partial charge in [-0.2, -0.15) is 18.2 Å². The maximum atomic E-state index is 13.7. The molecule has 2 aromatic rings. The maximum Gasteiger partial charge on any atom is 0.471 e. The number of ether oxygens (including phenoxy) is 1. The zero-order valence-electron chi connectivity index (χ0n) is 18.9. The van der Waals surface area contributed by atoms with Crippen molar-refractivity contribution in [2.45, 2.75) is 55.7 Å². The van der Waals surface area contributed by atoms with Gasteiger partial charge in [0.15, 0.2) is 21.8 Å². The van der Waals surface area contributed by atoms with Crippen molar-refractivity contribution < 1.29 is 44.4 Å². The molecule has 1 saturated carbocycles. The Morgan fingerprint density at radius 3 is 2.57 bits per heavy atom. The number of rotatable bonds is 7. The molecule has 2 fully saturated rings. The van der Waals surface area contributed by atoms with Gasteiger partial charge in [-0.1, -0.05) is 12.1 Å². The number of carbonyl (C=O) groups is 1. The SMILES string of the molecule is CCS(=O)(=O)c1ccc(O[C@@H](C)C(C)(F)F)c(C(=O)N2CC3CC3(c3noc(C(F)(F)F)n3)C2)c1. The van der Waals surface area contributed by atoms with Gasteiger partial charge in [0.2, 0.25) is 0 Å². The van der Waals surface area contributed by atoms with Crippen LogP contribution < -0.4 is 4.74 Å². The number of halogens is 5. The minimum Gasteiger partial charge on any atom is -0.484 e. The minimum absolute atomic E-state index is 0.0446. The summed E-state index contributed by atoms with van der Waals surface area (Å²) in [6, 6.07) is 3.40. The Labute approximate surface area is 197 Å². The Balaban J connectivity index is 1.64. The van der Waals surface area contributed by atoms with Gasteiger partial charge >= 0.3 is 12.1 Å². The van der Waals surface area contributed by atoms with Crippen molar-refractivity contribution in [3.8, 4) is 5.75 Å². The molecule has 8 nitrogen and oxygen atoms in total. The van der Waals surface area contributed by atoms with E-state index in [1.807, 2.05) is 0 Å². The van der Waals surface area contributed by atoms with Crippen LogP contribution in [0.2, 0.25) is 0 Å². The second kappa shape index (κ2) is 8.14. The molecule has 3 atom stereocenters. The fourth-order valence-corrected chi connectivity index (χ4v) is 5.03. The molecular formula is C21H22F5N3O5S. The summed E-state index contributed by atoms with van der Waals surface area (Å²) in [7, 11) is -3.73. The van der Waals surface area contributed by atoms with E-state index in [0.717, 1.165) is 19.1 Å². The van der Waals surface area contributed by atoms with Crippen LogP contribution in [0.5, 0.6) is 5.75 Å². The topological polar surface area (TPSA) is 103 Å². The first-order valence-electron chi connectivity index (χ1n) is 10.7. The predicted octanol–water partition coefficient (Wildman–Crippen LogP) is 3.72. The first-order valence-corrected chi connectivity index (χ1v) is 12.4. The normalized spacial score (nSPS) is 23.2. The number of fused-ring (bicyclic) bond motifs is 1. The third kappa shape index (κ3) is 4.59. The fourth-order valence-electron chi connectivity index (χ4n) is 4.13. The van der Waals surface area contributed by atoms with Gasteiger partial charge in [0.25, 0.3) is 11.8 Å². The predicted molar refractivity (Wildman–Crippen MR) is 110 cm³/mol. The molecule has 35 heavy (non-hydrogen) atoms. The lowest BCUT2D eigenvalue weighted by Crippen LogP contribution is -2.35. The van der Waals surface area contributed by atoms with Crippen LogP contribution in [0.25, 0.3) is 0 Å². The summed E-state index contributed by atoms with van der Waals surface area (Å²) < 4.78 is 100. The molecule has 0 N–H and O–H groups in total. The van der Waals surface area contributed by atoms with Gasteiger partial charge in [-0.25, -0.2) is 17.2 Å². The van der Waals surface area contributed by atoms with Gasteiger partial charge in [0.1, 0.15) is 5.75 Å². The quantitative estimate of drug-likeness (QED) is 0.510. The molecule has 1 aliphatic heterocycles. The summed E-state index contributed by atoms with van der Waals surface area (Å²) >= 11 is 0. The number of amides is 1. The van der Waals surface area contributed by atoms with Crippen molar-refractivity contribution >= 4 is 15.7 Å². The third-order valence-corrected chi connectivity index (χ3v) is 8.22. The summed E-state index contributed by atoms with van der Waals surface area (Å²) in [5, 5.41) is 3.45. The van der Waals surface area contributed by atoms with E-state index in [1.54, 1.807) is 0 Å². The zero-order valence-corrected chi connectivity index (χ0v) is 19.7. The van der Waals surface area contributed by atoms with Gasteiger partial charge in [-0.15, -0.1) is 0 Å². The van der Waals surface area contributed by atoms with E-state index >= 15 is 0 Å². The standard InChI is InChI=1S/C21H22F5N3O5S/c1-4-35(31,32)13-5-6-15(33-11(2)19(3,22)23)14(7-13)16(30)29-9-12-8-20(12,10-29)17-27-18(34-28-17)21(24,25)26/h5-7,11-12H,4,8-10H2,1-3H3/t11-,12?,20?/m0/s1. The van der Waals surface area contributed by atoms with Crippen LogP contribution in [0.4, 0.5) is 22.0 Å². The summed E-state index contributed by atoms with van der Waals surface area (Å²) in [6.07, 6.45) is -5.99. The Morgan fingerprint density at radius 1 is 1.31 bits per heavy atom. The average Bonchev–Trinajstić information content (AvgIpc) is 3.13. The number of piperidine rings is 1. The molecular weight excluding hydrogens is 501 g/mol. The highest BCUT2D eigenvalue weighted by Crippen LogP contribution is 2.58. The summed E-state index contributed by atoms with van der Waals surface area (Å²) in [5.41, 5.74) is -1.16. The molecule has 0 spiro atoms. The van der Waals surface area contributed by atoms with Gasteiger partial charge in [-0.3, -0.25) is 4.79 Å². The first kappa shape index (κ1) is 25.3. The lowest BCUT2D eigenvalue weighted by Gasteiger charge is -2.25. The van der Waals surface area contributed by atoms with Crippen molar-refractivity contribution in [1.82, 2.24) is 15.0 Å². The molecule has 1 aromatic heterocycles. The summed E-state index contributed by atoms with van der Waals surface area (Å²) in [5.74, 6) is -6.31. The second-order valence-corrected chi connectivity index (χ2v) is 11.2. The highest BCUT2D eigenvalue weighted by molar-refractivity contribution is 7.91. The van der Waals surface area contributed by atoms with Crippen LogP contribution in [0, 0.1) is 5.92 Å². The Hall–Kier alpha value is -2.77. The van der Waals surface area contributed by atoms with Gasteiger partial charge in [0.05, 0.1) is 21.6 Å². The summed E-state index contributed by atoms with van der Waals surface area (Å²) in [6.45, 7) is 3.26. The van der Waals surface area contributed by atoms with Crippen LogP contribution >= 0.6 is 0 Å². The van der Waals surface area contributed by atoms with Crippen LogP contribution in [-0.4, -0.2) is 60.2 Å². The van der Waals surface area contributed by atoms with E-state index < -0.39 is 45.3 Å². The molecule has 2 heterocycles. The molecule has 0 bridgehead atoms. The monoisotopic (exact) mass is 523 g/mol. The molecule has 1 amide bonds. The highest BCUT2D eigenvalue weighted by atomic mass is 32.2. The number of alkyl halides is 5. The number of carbonyl (C=O) groups excluding carboxylic acids is 1. The minimum atomic E-state index is -4.81. The molecule has 1 aromatic carbocycles. The number of likely N-dealkylation sites (tertiary alicyclic amines) is 1. The van der Waals surface area contributed by atoms with Crippen molar-refractivity contribution in [1.29, 1.82) is 0 Å². The van der Waals surface area contributed by atoms with E-state index in [0.29, 0.717) is 13.3 Å². The van der Waals surface area contributed by atoms with Crippen molar-refractivity contribution in [3.63, 3.8) is 0 Å². The van der Waals surface area contributed by atoms with Gasteiger partial charge < -0.3 is 14.2 Å². The average molecular weight is 523 g/mol. The lowest BCUT2D eigenvalue weighted by molar-refractivity contribution is -0.159. The molecule has 192 valence electrons. The Morgan fingerprint density at radius 2 is 2.00 bits per heavy atom. The van der Waals surface area contributed by atoms with Crippen LogP contribution in [0.1, 0.15) is 49.3 Å². The number of benzene rings is 1. The molecule has 0 radical (unpaired) electrons. The first-order chi connectivity index (χ1) is 16.1. The zero-order chi connectivity index (χ0) is 26.0. The number of nitrogens with zero attached hydrogens (tertiary/aromatic N) is 3. The molecule has 2 unspecified atom stereocenters. The number of hydrogen-bond acceptors (Lipinski definition) is 7. The summed E-state index contributed by atoms with van der Waals surface area (Å²) in [4.78, 5) is 18.0. The molecule has 2 aliphatic rings. The smallest absolute Gasteiger partial charge is 0.471 e. The number of aromatic nitrogens is 2. The highest BCUT2D eigenvalue weighted by Gasteiger charge is 2.65.